The third-order valence-electron chi connectivity index (χ3n) is 7.51. The number of ketones is 1. The van der Waals surface area contributed by atoms with Gasteiger partial charge < -0.3 is 10.0 Å². The topological polar surface area (TPSA) is 57.6 Å². The highest BCUT2D eigenvalue weighted by molar-refractivity contribution is 5.89. The van der Waals surface area contributed by atoms with Crippen LogP contribution in [0, 0.1) is 29.5 Å². The van der Waals surface area contributed by atoms with Crippen molar-refractivity contribution < 1.29 is 19.1 Å². The zero-order valence-corrected chi connectivity index (χ0v) is 14.7. The molecule has 5 aliphatic rings. The second kappa shape index (κ2) is 5.62. The molecule has 4 nitrogen and oxygen atoms in total. The van der Waals surface area contributed by atoms with Crippen molar-refractivity contribution in [1.29, 1.82) is 0 Å². The average molecular weight is 357 g/mol. The summed E-state index contributed by atoms with van der Waals surface area (Å²) in [6, 6.07) is 6.46. The van der Waals surface area contributed by atoms with E-state index in [0.29, 0.717) is 37.1 Å². The van der Waals surface area contributed by atoms with Crippen molar-refractivity contribution in [2.45, 2.75) is 43.6 Å². The molecule has 138 valence electrons. The van der Waals surface area contributed by atoms with E-state index in [1.807, 2.05) is 0 Å². The molecule has 4 bridgehead atoms. The summed E-state index contributed by atoms with van der Waals surface area (Å²) in [7, 11) is 0. The molecule has 1 N–H and O–H groups in total. The molecule has 0 spiro atoms. The Morgan fingerprint density at radius 3 is 2.58 bits per heavy atom. The maximum Gasteiger partial charge on any atom is 0.223 e. The van der Waals surface area contributed by atoms with Crippen molar-refractivity contribution in [1.82, 2.24) is 4.90 Å². The second-order valence-electron chi connectivity index (χ2n) is 8.83. The first-order chi connectivity index (χ1) is 12.5. The van der Waals surface area contributed by atoms with E-state index in [9.17, 15) is 19.1 Å². The van der Waals surface area contributed by atoms with Crippen LogP contribution in [0.15, 0.2) is 24.3 Å². The molecule has 0 aromatic heterocycles. The van der Waals surface area contributed by atoms with Crippen LogP contribution in [0.5, 0.6) is 0 Å². The Labute approximate surface area is 152 Å². The normalized spacial score (nSPS) is 38.5. The molecule has 5 heteroatoms. The van der Waals surface area contributed by atoms with E-state index in [4.69, 9.17) is 0 Å². The fourth-order valence-electron chi connectivity index (χ4n) is 6.35. The first-order valence-corrected chi connectivity index (χ1v) is 9.73. The van der Waals surface area contributed by atoms with Gasteiger partial charge in [-0.25, -0.2) is 4.39 Å². The summed E-state index contributed by atoms with van der Waals surface area (Å²) in [5.74, 6) is 0.972. The number of nitrogens with zero attached hydrogens (tertiary/aromatic N) is 1. The largest absolute Gasteiger partial charge is 0.389 e. The molecule has 1 heterocycles. The van der Waals surface area contributed by atoms with E-state index >= 15 is 0 Å². The van der Waals surface area contributed by atoms with Crippen molar-refractivity contribution in [2.24, 2.45) is 23.7 Å². The second-order valence-corrected chi connectivity index (χ2v) is 8.83. The van der Waals surface area contributed by atoms with Gasteiger partial charge in [0.2, 0.25) is 5.91 Å². The van der Waals surface area contributed by atoms with Gasteiger partial charge in [-0.3, -0.25) is 9.59 Å². The summed E-state index contributed by atoms with van der Waals surface area (Å²) in [6.45, 7) is 0.764. The Morgan fingerprint density at radius 1 is 1.15 bits per heavy atom. The smallest absolute Gasteiger partial charge is 0.223 e. The molecule has 6 rings (SSSR count). The third kappa shape index (κ3) is 2.22. The minimum atomic E-state index is -0.504. The number of rotatable bonds is 3. The molecule has 5 atom stereocenters. The van der Waals surface area contributed by atoms with E-state index < -0.39 is 11.5 Å². The summed E-state index contributed by atoms with van der Waals surface area (Å²) in [5.41, 5.74) is 0.436. The van der Waals surface area contributed by atoms with E-state index in [1.165, 1.54) is 12.1 Å². The summed E-state index contributed by atoms with van der Waals surface area (Å²) in [4.78, 5) is 27.7. The molecule has 5 fully saturated rings. The summed E-state index contributed by atoms with van der Waals surface area (Å²) in [5, 5.41) is 9.54. The predicted molar refractivity (Wildman–Crippen MR) is 92.7 cm³/mol. The number of aliphatic hydroxyl groups excluding tert-OH is 1. The Balaban J connectivity index is 1.56. The van der Waals surface area contributed by atoms with Gasteiger partial charge in [0.15, 0.2) is 0 Å². The van der Waals surface area contributed by atoms with Gasteiger partial charge in [0.25, 0.3) is 0 Å². The molecule has 4 saturated carbocycles. The number of likely N-dealkylation sites (tertiary alicyclic amines) is 1. The fourth-order valence-corrected chi connectivity index (χ4v) is 6.35. The Morgan fingerprint density at radius 2 is 1.88 bits per heavy atom. The van der Waals surface area contributed by atoms with Gasteiger partial charge in [-0.1, -0.05) is 12.1 Å². The van der Waals surface area contributed by atoms with E-state index in [0.717, 1.165) is 31.2 Å². The lowest BCUT2D eigenvalue weighted by molar-refractivity contribution is -0.157. The lowest BCUT2D eigenvalue weighted by Crippen LogP contribution is -2.62. The molecule has 26 heavy (non-hydrogen) atoms. The molecule has 5 unspecified atom stereocenters. The van der Waals surface area contributed by atoms with Crippen LogP contribution < -0.4 is 0 Å². The van der Waals surface area contributed by atoms with Crippen LogP contribution in [0.2, 0.25) is 0 Å². The van der Waals surface area contributed by atoms with Gasteiger partial charge in [0, 0.05) is 36.8 Å². The molecule has 1 saturated heterocycles. The van der Waals surface area contributed by atoms with Crippen molar-refractivity contribution in [2.75, 3.05) is 13.1 Å². The van der Waals surface area contributed by atoms with Gasteiger partial charge in [-0.2, -0.15) is 0 Å². The number of halogens is 1. The van der Waals surface area contributed by atoms with E-state index in [-0.39, 0.29) is 23.6 Å². The third-order valence-corrected chi connectivity index (χ3v) is 7.51. The SMILES string of the molecule is O=C1C2CC3CC(C2)C(CC(=O)N2CC(O)C2)(c2ccc(F)cc2)C1C3. The molecule has 1 aromatic carbocycles. The average Bonchev–Trinajstić information content (AvgIpc) is 2.59. The van der Waals surface area contributed by atoms with E-state index in [1.54, 1.807) is 17.0 Å². The number of β-amino-alcohol motifs (C(OH)–C–C–N with tert-alkyl or cyclic N) is 1. The van der Waals surface area contributed by atoms with Gasteiger partial charge in [0.05, 0.1) is 6.10 Å². The van der Waals surface area contributed by atoms with Crippen LogP contribution >= 0.6 is 0 Å². The Kier molecular flexibility index (Phi) is 3.55. The molecule has 4 aliphatic carbocycles. The highest BCUT2D eigenvalue weighted by Gasteiger charge is 2.62. The van der Waals surface area contributed by atoms with Gasteiger partial charge >= 0.3 is 0 Å². The highest BCUT2D eigenvalue weighted by atomic mass is 19.1. The monoisotopic (exact) mass is 357 g/mol. The number of aliphatic hydroxyl groups is 1. The maximum absolute atomic E-state index is 13.5. The Bertz CT molecular complexity index is 757. The molecular formula is C21H24FNO3. The van der Waals surface area contributed by atoms with Crippen molar-refractivity contribution in [3.8, 4) is 0 Å². The first kappa shape index (κ1) is 16.4. The highest BCUT2D eigenvalue weighted by Crippen LogP contribution is 2.62. The molecule has 1 aliphatic heterocycles. The van der Waals surface area contributed by atoms with Gasteiger partial charge in [-0.15, -0.1) is 0 Å². The summed E-state index contributed by atoms with van der Waals surface area (Å²) >= 11 is 0. The maximum atomic E-state index is 13.5. The standard InChI is InChI=1S/C21H24FNO3/c22-16-3-1-14(2-4-16)21(9-19(25)23-10-17(24)11-23)15-6-12-5-13(8-15)20(26)18(21)7-12/h1-4,12-13,15,17-18,24H,5-11H2. The van der Waals surface area contributed by atoms with Crippen molar-refractivity contribution >= 4 is 11.7 Å². The molecule has 0 radical (unpaired) electrons. The summed E-state index contributed by atoms with van der Waals surface area (Å²) in [6.07, 6.45) is 3.66. The number of benzene rings is 1. The minimum absolute atomic E-state index is 0.0138. The van der Waals surface area contributed by atoms with Crippen molar-refractivity contribution in [3.05, 3.63) is 35.6 Å². The van der Waals surface area contributed by atoms with E-state index in [2.05, 4.69) is 0 Å². The number of hydrogen-bond acceptors (Lipinski definition) is 3. The minimum Gasteiger partial charge on any atom is -0.389 e. The zero-order chi connectivity index (χ0) is 18.1. The predicted octanol–water partition coefficient (Wildman–Crippen LogP) is 2.29. The van der Waals surface area contributed by atoms with Crippen LogP contribution in [0.4, 0.5) is 4.39 Å². The van der Waals surface area contributed by atoms with Crippen LogP contribution in [-0.2, 0) is 15.0 Å². The quantitative estimate of drug-likeness (QED) is 0.903. The molecule has 1 amide bonds. The lowest BCUT2D eigenvalue weighted by atomic mass is 9.42. The van der Waals surface area contributed by atoms with Crippen LogP contribution in [0.1, 0.15) is 37.7 Å². The van der Waals surface area contributed by atoms with Crippen LogP contribution in [-0.4, -0.2) is 40.9 Å². The van der Waals surface area contributed by atoms with Crippen LogP contribution in [0.3, 0.4) is 0 Å². The number of carbonyl (C=O) groups excluding carboxylic acids is 2. The van der Waals surface area contributed by atoms with Crippen molar-refractivity contribution in [3.63, 3.8) is 0 Å². The van der Waals surface area contributed by atoms with Crippen LogP contribution in [0.25, 0.3) is 0 Å². The fraction of sp³-hybridized carbons (Fsp3) is 0.619. The molecule has 1 aromatic rings. The number of hydrogen-bond donors (Lipinski definition) is 1. The van der Waals surface area contributed by atoms with Gasteiger partial charge in [0.1, 0.15) is 11.6 Å². The number of carbonyl (C=O) groups is 2. The zero-order valence-electron chi connectivity index (χ0n) is 14.7. The summed E-state index contributed by atoms with van der Waals surface area (Å²) < 4.78 is 13.5. The molecular weight excluding hydrogens is 333 g/mol. The number of amides is 1. The first-order valence-electron chi connectivity index (χ1n) is 9.73. The Hall–Kier alpha value is -1.75. The van der Waals surface area contributed by atoms with Gasteiger partial charge in [-0.05, 0) is 55.2 Å². The lowest BCUT2D eigenvalue weighted by Gasteiger charge is -2.60. The number of Topliss-reactive ketones (excluding diaryl/α,β-unsaturated/α-hetero) is 1.